The Labute approximate surface area is 81.3 Å². The molecule has 0 saturated carbocycles. The van der Waals surface area contributed by atoms with Crippen molar-refractivity contribution in [1.82, 2.24) is 0 Å². The highest BCUT2D eigenvalue weighted by Gasteiger charge is 1.88. The van der Waals surface area contributed by atoms with E-state index in [1.54, 1.807) is 6.20 Å². The van der Waals surface area contributed by atoms with Crippen LogP contribution in [-0.4, -0.2) is 10.6 Å². The zero-order chi connectivity index (χ0) is 8.69. The highest BCUT2D eigenvalue weighted by Crippen LogP contribution is 2.02. The summed E-state index contributed by atoms with van der Waals surface area (Å²) in [5.41, 5.74) is 6.56. The van der Waals surface area contributed by atoms with Crippen molar-refractivity contribution in [1.29, 1.82) is 0 Å². The molecular weight excluding hydrogens is 253 g/mol. The van der Waals surface area contributed by atoms with Crippen molar-refractivity contribution in [2.24, 2.45) is 16.0 Å². The Morgan fingerprint density at radius 3 is 2.73 bits per heavy atom. The third-order valence-corrected chi connectivity index (χ3v) is 1.43. The number of hydrogen-bond acceptors (Lipinski definition) is 3. The smallest absolute Gasteiger partial charge is 0.119 e. The second kappa shape index (κ2) is 6.72. The van der Waals surface area contributed by atoms with Crippen molar-refractivity contribution in [2.75, 3.05) is 6.54 Å². The Kier molecular flexibility index (Phi) is 6.74. The van der Waals surface area contributed by atoms with Crippen molar-refractivity contribution in [3.05, 3.63) is 11.8 Å². The van der Waals surface area contributed by atoms with E-state index < -0.39 is 0 Å². The lowest BCUT2D eigenvalue weighted by molar-refractivity contribution is 0.939. The van der Waals surface area contributed by atoms with Crippen LogP contribution >= 0.6 is 22.6 Å². The number of azo groups is 1. The van der Waals surface area contributed by atoms with E-state index in [1.165, 1.54) is 0 Å². The molecule has 64 valence electrons. The lowest BCUT2D eigenvalue weighted by Crippen LogP contribution is -2.01. The van der Waals surface area contributed by atoms with Gasteiger partial charge < -0.3 is 5.73 Å². The van der Waals surface area contributed by atoms with Crippen molar-refractivity contribution in [3.8, 4) is 0 Å². The van der Waals surface area contributed by atoms with E-state index in [2.05, 4.69) is 39.7 Å². The number of nitrogens with zero attached hydrogens (tertiary/aromatic N) is 2. The van der Waals surface area contributed by atoms with E-state index >= 15 is 0 Å². The van der Waals surface area contributed by atoms with Gasteiger partial charge in [0.2, 0.25) is 0 Å². The minimum atomic E-state index is 0.236. The van der Waals surface area contributed by atoms with Gasteiger partial charge in [0.1, 0.15) is 4.05 Å². The van der Waals surface area contributed by atoms with E-state index in [4.69, 9.17) is 5.73 Å². The number of rotatable bonds is 4. The molecule has 0 rings (SSSR count). The van der Waals surface area contributed by atoms with Crippen LogP contribution in [0.15, 0.2) is 22.0 Å². The third kappa shape index (κ3) is 6.43. The largest absolute Gasteiger partial charge is 0.327 e. The van der Waals surface area contributed by atoms with Crippen molar-refractivity contribution < 1.29 is 0 Å². The van der Waals surface area contributed by atoms with Gasteiger partial charge in [0.15, 0.2) is 0 Å². The SMILES string of the molecule is CC/C(=C\N=N[C@@H](C)I)CN. The van der Waals surface area contributed by atoms with Gasteiger partial charge in [-0.25, -0.2) is 0 Å². The third-order valence-electron chi connectivity index (χ3n) is 1.18. The second-order valence-corrected chi connectivity index (χ2v) is 3.95. The molecule has 1 atom stereocenters. The van der Waals surface area contributed by atoms with Gasteiger partial charge in [-0.2, -0.15) is 10.2 Å². The number of alkyl halides is 1. The highest BCUT2D eigenvalue weighted by molar-refractivity contribution is 14.1. The van der Waals surface area contributed by atoms with Crippen LogP contribution in [-0.2, 0) is 0 Å². The molecule has 0 aliphatic rings. The number of halogens is 1. The zero-order valence-electron chi connectivity index (χ0n) is 6.92. The monoisotopic (exact) mass is 267 g/mol. The molecule has 0 aromatic carbocycles. The molecule has 0 unspecified atom stereocenters. The van der Waals surface area contributed by atoms with E-state index in [9.17, 15) is 0 Å². The Morgan fingerprint density at radius 2 is 2.36 bits per heavy atom. The topological polar surface area (TPSA) is 50.7 Å². The quantitative estimate of drug-likeness (QED) is 0.362. The van der Waals surface area contributed by atoms with Gasteiger partial charge in [-0.15, -0.1) is 0 Å². The molecule has 0 fully saturated rings. The Balaban J connectivity index is 3.87. The van der Waals surface area contributed by atoms with Gasteiger partial charge in [0.25, 0.3) is 0 Å². The summed E-state index contributed by atoms with van der Waals surface area (Å²) in [6.07, 6.45) is 2.69. The molecule has 4 heteroatoms. The van der Waals surface area contributed by atoms with Gasteiger partial charge in [0, 0.05) is 12.7 Å². The summed E-state index contributed by atoms with van der Waals surface area (Å²) < 4.78 is 0.236. The zero-order valence-corrected chi connectivity index (χ0v) is 9.08. The number of nitrogens with two attached hydrogens (primary N) is 1. The molecule has 3 nitrogen and oxygen atoms in total. The predicted octanol–water partition coefficient (Wildman–Crippen LogP) is 2.47. The van der Waals surface area contributed by atoms with Gasteiger partial charge in [0.05, 0.1) is 0 Å². The maximum Gasteiger partial charge on any atom is 0.119 e. The average Bonchev–Trinajstić information content (AvgIpc) is 1.98. The van der Waals surface area contributed by atoms with Crippen LogP contribution in [0.2, 0.25) is 0 Å². The first kappa shape index (κ1) is 11.0. The first-order valence-electron chi connectivity index (χ1n) is 3.62. The van der Waals surface area contributed by atoms with E-state index in [0.717, 1.165) is 12.0 Å². The summed E-state index contributed by atoms with van der Waals surface area (Å²) in [6, 6.07) is 0. The summed E-state index contributed by atoms with van der Waals surface area (Å²) in [4.78, 5) is 0. The number of hydrogen-bond donors (Lipinski definition) is 1. The molecule has 0 spiro atoms. The molecule has 0 aromatic heterocycles. The van der Waals surface area contributed by atoms with E-state index in [0.29, 0.717) is 6.54 Å². The summed E-state index contributed by atoms with van der Waals surface area (Å²) in [6.45, 7) is 4.61. The predicted molar refractivity (Wildman–Crippen MR) is 55.8 cm³/mol. The molecule has 0 amide bonds. The van der Waals surface area contributed by atoms with Crippen molar-refractivity contribution >= 4 is 22.6 Å². The minimum absolute atomic E-state index is 0.236. The molecule has 11 heavy (non-hydrogen) atoms. The Bertz CT molecular complexity index is 146. The molecule has 0 bridgehead atoms. The molecule has 0 aromatic rings. The summed E-state index contributed by atoms with van der Waals surface area (Å²) in [5, 5.41) is 7.83. The molecule has 0 aliphatic heterocycles. The average molecular weight is 267 g/mol. The minimum Gasteiger partial charge on any atom is -0.327 e. The molecular formula is C7H14IN3. The Morgan fingerprint density at radius 1 is 1.73 bits per heavy atom. The van der Waals surface area contributed by atoms with Gasteiger partial charge >= 0.3 is 0 Å². The van der Waals surface area contributed by atoms with Gasteiger partial charge in [-0.1, -0.05) is 29.5 Å². The summed E-state index contributed by atoms with van der Waals surface area (Å²) in [5.74, 6) is 0. The molecule has 0 radical (unpaired) electrons. The van der Waals surface area contributed by atoms with Crippen molar-refractivity contribution in [3.63, 3.8) is 0 Å². The lowest BCUT2D eigenvalue weighted by atomic mass is 10.2. The van der Waals surface area contributed by atoms with Crippen LogP contribution in [0, 0.1) is 0 Å². The van der Waals surface area contributed by atoms with Crippen LogP contribution in [0.4, 0.5) is 0 Å². The normalized spacial score (nSPS) is 15.8. The van der Waals surface area contributed by atoms with Gasteiger partial charge in [-0.05, 0) is 18.9 Å². The Hall–Kier alpha value is 0.0300. The van der Waals surface area contributed by atoms with Crippen LogP contribution in [0.3, 0.4) is 0 Å². The standard InChI is InChI=1S/C7H14IN3/c1-3-7(4-9)5-10-11-6(2)8/h5-6H,3-4,9H2,1-2H3/b7-5+,11-10?/t6-/m0/s1. The van der Waals surface area contributed by atoms with E-state index in [-0.39, 0.29) is 4.05 Å². The molecule has 2 N–H and O–H groups in total. The summed E-state index contributed by atoms with van der Waals surface area (Å²) in [7, 11) is 0. The van der Waals surface area contributed by atoms with Crippen molar-refractivity contribution in [2.45, 2.75) is 24.3 Å². The van der Waals surface area contributed by atoms with Crippen LogP contribution in [0.1, 0.15) is 20.3 Å². The van der Waals surface area contributed by atoms with Crippen LogP contribution in [0.5, 0.6) is 0 Å². The highest BCUT2D eigenvalue weighted by atomic mass is 127. The van der Waals surface area contributed by atoms with Gasteiger partial charge in [-0.3, -0.25) is 0 Å². The maximum absolute atomic E-state index is 5.43. The van der Waals surface area contributed by atoms with Crippen LogP contribution in [0.25, 0.3) is 0 Å². The molecule has 0 heterocycles. The summed E-state index contributed by atoms with van der Waals surface area (Å²) >= 11 is 2.19. The first-order chi connectivity index (χ1) is 5.20. The second-order valence-electron chi connectivity index (χ2n) is 2.15. The first-order valence-corrected chi connectivity index (χ1v) is 4.87. The fourth-order valence-electron chi connectivity index (χ4n) is 0.495. The van der Waals surface area contributed by atoms with E-state index in [1.807, 2.05) is 6.92 Å². The van der Waals surface area contributed by atoms with Crippen LogP contribution < -0.4 is 5.73 Å². The lowest BCUT2D eigenvalue weighted by Gasteiger charge is -1.95. The fraction of sp³-hybridized carbons (Fsp3) is 0.714. The molecule has 0 saturated heterocycles. The molecule has 0 aliphatic carbocycles. The maximum atomic E-state index is 5.43. The fourth-order valence-corrected chi connectivity index (χ4v) is 0.639.